The van der Waals surface area contributed by atoms with Crippen LogP contribution in [0.1, 0.15) is 58.8 Å². The average Bonchev–Trinajstić information content (AvgIpc) is 3.44. The van der Waals surface area contributed by atoms with Crippen LogP contribution in [0.3, 0.4) is 0 Å². The van der Waals surface area contributed by atoms with Gasteiger partial charge < -0.3 is 0 Å². The molecule has 0 aliphatic carbocycles. The molecule has 5 rings (SSSR count). The number of carbonyl (C=O) groups is 2. The average molecular weight is 480 g/mol. The van der Waals surface area contributed by atoms with Gasteiger partial charge in [0, 0.05) is 42.6 Å². The molecule has 0 saturated carbocycles. The minimum atomic E-state index is 0.00483. The van der Waals surface area contributed by atoms with E-state index in [2.05, 4.69) is 30.0 Å². The maximum absolute atomic E-state index is 12.9. The first-order chi connectivity index (χ1) is 17.4. The summed E-state index contributed by atoms with van der Waals surface area (Å²) in [6, 6.07) is 15.6. The van der Waals surface area contributed by atoms with E-state index in [0.29, 0.717) is 48.9 Å². The lowest BCUT2D eigenvalue weighted by Crippen LogP contribution is -2.26. The first kappa shape index (κ1) is 23.6. The van der Waals surface area contributed by atoms with E-state index >= 15 is 0 Å². The molecule has 7 nitrogen and oxygen atoms in total. The fourth-order valence-corrected chi connectivity index (χ4v) is 4.61. The van der Waals surface area contributed by atoms with Gasteiger partial charge in [-0.3, -0.25) is 19.2 Å². The normalized spacial score (nSPS) is 12.9. The Morgan fingerprint density at radius 1 is 1.03 bits per heavy atom. The third-order valence-electron chi connectivity index (χ3n) is 6.58. The molecule has 1 amide bonds. The van der Waals surface area contributed by atoms with E-state index in [4.69, 9.17) is 4.98 Å². The Morgan fingerprint density at radius 2 is 1.81 bits per heavy atom. The smallest absolute Gasteiger partial charge is 0.233 e. The number of fused-ring (bicyclic) bond motifs is 1. The number of rotatable bonds is 8. The van der Waals surface area contributed by atoms with Crippen LogP contribution in [-0.2, 0) is 31.2 Å². The highest BCUT2D eigenvalue weighted by atomic mass is 16.2. The summed E-state index contributed by atoms with van der Waals surface area (Å²) in [7, 11) is 1.87. The molecular weight excluding hydrogens is 450 g/mol. The molecule has 0 N–H and O–H groups in total. The van der Waals surface area contributed by atoms with E-state index in [1.54, 1.807) is 22.0 Å². The van der Waals surface area contributed by atoms with Gasteiger partial charge in [0.05, 0.1) is 19.2 Å². The van der Waals surface area contributed by atoms with Crippen molar-refractivity contribution < 1.29 is 9.59 Å². The predicted molar refractivity (Wildman–Crippen MR) is 139 cm³/mol. The molecule has 2 aromatic heterocycles. The fourth-order valence-electron chi connectivity index (χ4n) is 4.61. The van der Waals surface area contributed by atoms with Crippen LogP contribution in [0.4, 0.5) is 5.82 Å². The molecule has 0 saturated heterocycles. The SMILES string of the molecule is CC(C)c1ccccc1-c1ncc2c(n1)N(Cc1ccc(C(=O)CCc3cnn(C)c3)cc1)C(=O)C2. The topological polar surface area (TPSA) is 81.0 Å². The van der Waals surface area contributed by atoms with Crippen molar-refractivity contribution in [3.05, 3.63) is 94.9 Å². The Morgan fingerprint density at radius 3 is 2.53 bits per heavy atom. The molecule has 4 aromatic rings. The van der Waals surface area contributed by atoms with Crippen LogP contribution >= 0.6 is 0 Å². The molecule has 0 spiro atoms. The molecule has 1 aliphatic rings. The van der Waals surface area contributed by atoms with Crippen molar-refractivity contribution in [1.82, 2.24) is 19.7 Å². The van der Waals surface area contributed by atoms with E-state index in [0.717, 1.165) is 22.3 Å². The third kappa shape index (κ3) is 4.82. The summed E-state index contributed by atoms with van der Waals surface area (Å²) >= 11 is 0. The number of aryl methyl sites for hydroxylation is 2. The van der Waals surface area contributed by atoms with Gasteiger partial charge in [0.25, 0.3) is 0 Å². The van der Waals surface area contributed by atoms with E-state index in [9.17, 15) is 9.59 Å². The van der Waals surface area contributed by atoms with Crippen LogP contribution < -0.4 is 4.90 Å². The second kappa shape index (κ2) is 9.85. The van der Waals surface area contributed by atoms with Crippen molar-refractivity contribution in [3.8, 4) is 11.4 Å². The van der Waals surface area contributed by atoms with Crippen LogP contribution in [-0.4, -0.2) is 31.4 Å². The van der Waals surface area contributed by atoms with E-state index in [-0.39, 0.29) is 11.7 Å². The maximum atomic E-state index is 12.9. The Kier molecular flexibility index (Phi) is 6.46. The van der Waals surface area contributed by atoms with Crippen LogP contribution in [0.2, 0.25) is 0 Å². The minimum absolute atomic E-state index is 0.00483. The Hall–Kier alpha value is -4.13. The van der Waals surface area contributed by atoms with E-state index < -0.39 is 0 Å². The van der Waals surface area contributed by atoms with Crippen LogP contribution in [0, 0.1) is 0 Å². The molecule has 1 aliphatic heterocycles. The van der Waals surface area contributed by atoms with Gasteiger partial charge in [-0.25, -0.2) is 9.97 Å². The number of carbonyl (C=O) groups excluding carboxylic acids is 2. The second-order valence-corrected chi connectivity index (χ2v) is 9.58. The highest BCUT2D eigenvalue weighted by Crippen LogP contribution is 2.32. The van der Waals surface area contributed by atoms with Gasteiger partial charge in [0.2, 0.25) is 5.91 Å². The van der Waals surface area contributed by atoms with Crippen molar-refractivity contribution in [1.29, 1.82) is 0 Å². The van der Waals surface area contributed by atoms with Crippen molar-refractivity contribution in [3.63, 3.8) is 0 Å². The van der Waals surface area contributed by atoms with Crippen molar-refractivity contribution >= 4 is 17.5 Å². The lowest BCUT2D eigenvalue weighted by molar-refractivity contribution is -0.117. The molecule has 3 heterocycles. The summed E-state index contributed by atoms with van der Waals surface area (Å²) in [5.74, 6) is 1.73. The Bertz CT molecular complexity index is 1420. The summed E-state index contributed by atoms with van der Waals surface area (Å²) in [4.78, 5) is 36.6. The number of hydrogen-bond acceptors (Lipinski definition) is 5. The molecule has 0 bridgehead atoms. The van der Waals surface area contributed by atoms with Crippen molar-refractivity contribution in [2.24, 2.45) is 7.05 Å². The van der Waals surface area contributed by atoms with E-state index in [1.807, 2.05) is 55.7 Å². The van der Waals surface area contributed by atoms with Gasteiger partial charge in [-0.1, -0.05) is 62.4 Å². The highest BCUT2D eigenvalue weighted by Gasteiger charge is 2.30. The number of amides is 1. The molecule has 0 radical (unpaired) electrons. The summed E-state index contributed by atoms with van der Waals surface area (Å²) in [6.07, 6.45) is 6.88. The largest absolute Gasteiger partial charge is 0.294 e. The summed E-state index contributed by atoms with van der Waals surface area (Å²) < 4.78 is 1.74. The predicted octanol–water partition coefficient (Wildman–Crippen LogP) is 4.91. The van der Waals surface area contributed by atoms with Gasteiger partial charge in [0.15, 0.2) is 11.6 Å². The number of anilines is 1. The van der Waals surface area contributed by atoms with Crippen LogP contribution in [0.25, 0.3) is 11.4 Å². The number of ketones is 1. The molecule has 182 valence electrons. The summed E-state index contributed by atoms with van der Waals surface area (Å²) in [6.45, 7) is 4.70. The molecule has 0 atom stereocenters. The lowest BCUT2D eigenvalue weighted by atomic mass is 9.97. The molecule has 36 heavy (non-hydrogen) atoms. The number of nitrogens with zero attached hydrogens (tertiary/aromatic N) is 5. The number of aromatic nitrogens is 4. The first-order valence-corrected chi connectivity index (χ1v) is 12.2. The molecule has 0 fully saturated rings. The molecular formula is C29H29N5O2. The van der Waals surface area contributed by atoms with Gasteiger partial charge >= 0.3 is 0 Å². The summed E-state index contributed by atoms with van der Waals surface area (Å²) in [5.41, 5.74) is 5.67. The van der Waals surface area contributed by atoms with Gasteiger partial charge in [-0.2, -0.15) is 5.10 Å². The molecule has 7 heteroatoms. The third-order valence-corrected chi connectivity index (χ3v) is 6.58. The number of hydrogen-bond donors (Lipinski definition) is 0. The van der Waals surface area contributed by atoms with Gasteiger partial charge in [-0.15, -0.1) is 0 Å². The lowest BCUT2D eigenvalue weighted by Gasteiger charge is -2.18. The Labute approximate surface area is 210 Å². The quantitative estimate of drug-likeness (QED) is 0.336. The highest BCUT2D eigenvalue weighted by molar-refractivity contribution is 6.00. The molecule has 0 unspecified atom stereocenters. The summed E-state index contributed by atoms with van der Waals surface area (Å²) in [5, 5.41) is 4.15. The number of benzene rings is 2. The van der Waals surface area contributed by atoms with Crippen LogP contribution in [0.5, 0.6) is 0 Å². The zero-order valence-electron chi connectivity index (χ0n) is 20.8. The van der Waals surface area contributed by atoms with Crippen molar-refractivity contribution in [2.75, 3.05) is 4.90 Å². The van der Waals surface area contributed by atoms with Crippen molar-refractivity contribution in [2.45, 2.75) is 45.6 Å². The minimum Gasteiger partial charge on any atom is -0.294 e. The standard InChI is InChI=1S/C29H29N5O2/c1-19(2)24-6-4-5-7-25(24)28-30-16-23-14-27(36)34(29(23)32-28)18-20-8-11-22(12-9-20)26(35)13-10-21-15-31-33(3)17-21/h4-9,11-12,15-17,19H,10,13-14,18H2,1-3H3. The van der Waals surface area contributed by atoms with Gasteiger partial charge in [-0.05, 0) is 29.0 Å². The zero-order chi connectivity index (χ0) is 25.2. The molecule has 2 aromatic carbocycles. The maximum Gasteiger partial charge on any atom is 0.233 e. The fraction of sp³-hybridized carbons (Fsp3) is 0.276. The zero-order valence-corrected chi connectivity index (χ0v) is 20.8. The van der Waals surface area contributed by atoms with E-state index in [1.165, 1.54) is 5.56 Å². The second-order valence-electron chi connectivity index (χ2n) is 9.58. The van der Waals surface area contributed by atoms with Gasteiger partial charge in [0.1, 0.15) is 5.82 Å². The Balaban J connectivity index is 1.32. The van der Waals surface area contributed by atoms with Crippen LogP contribution in [0.15, 0.2) is 67.1 Å². The first-order valence-electron chi connectivity index (χ1n) is 12.2. The number of Topliss-reactive ketones (excluding diaryl/α,β-unsaturated/α-hetero) is 1. The monoisotopic (exact) mass is 479 g/mol.